The highest BCUT2D eigenvalue weighted by molar-refractivity contribution is 6.01. The number of hydrogen-bond acceptors (Lipinski definition) is 3. The van der Waals surface area contributed by atoms with Gasteiger partial charge < -0.3 is 14.2 Å². The van der Waals surface area contributed by atoms with Crippen molar-refractivity contribution in [3.8, 4) is 0 Å². The first-order valence-electron chi connectivity index (χ1n) is 9.07. The monoisotopic (exact) mass is 362 g/mol. The molecule has 138 valence electrons. The average molecular weight is 362 g/mol. The first-order valence-corrected chi connectivity index (χ1v) is 9.07. The fourth-order valence-corrected chi connectivity index (χ4v) is 3.50. The Bertz CT molecular complexity index is 1020. The van der Waals surface area contributed by atoms with Crippen LogP contribution in [0.3, 0.4) is 0 Å². The molecule has 1 aliphatic heterocycles. The predicted octanol–water partition coefficient (Wildman–Crippen LogP) is 2.83. The number of aromatic nitrogens is 2. The number of rotatable bonds is 2. The molecule has 1 aromatic carbocycles. The zero-order chi connectivity index (χ0) is 19.1. The number of amides is 2. The molecule has 3 aromatic rings. The molecule has 6 heteroatoms. The highest BCUT2D eigenvalue weighted by Crippen LogP contribution is 2.22. The van der Waals surface area contributed by atoms with E-state index in [9.17, 15) is 9.59 Å². The minimum Gasteiger partial charge on any atom is -0.323 e. The Labute approximate surface area is 158 Å². The van der Waals surface area contributed by atoms with Gasteiger partial charge in [-0.1, -0.05) is 23.8 Å². The largest absolute Gasteiger partial charge is 0.323 e. The number of carbonyl (C=O) groups is 2. The predicted molar refractivity (Wildman–Crippen MR) is 104 cm³/mol. The minimum absolute atomic E-state index is 0.0563. The summed E-state index contributed by atoms with van der Waals surface area (Å²) in [6.45, 7) is 6.48. The molecular formula is C21H22N4O2. The van der Waals surface area contributed by atoms with Crippen LogP contribution in [0.15, 0.2) is 48.7 Å². The van der Waals surface area contributed by atoms with E-state index < -0.39 is 0 Å². The average Bonchev–Trinajstić information content (AvgIpc) is 3.09. The van der Waals surface area contributed by atoms with E-state index in [1.165, 1.54) is 0 Å². The van der Waals surface area contributed by atoms with E-state index in [1.807, 2.05) is 67.6 Å². The SMILES string of the molecule is Cc1ccc(N2C[C@@H](C)N(C(=O)c3cn4c(C)cccc4n3)CC2=O)cc1. The quantitative estimate of drug-likeness (QED) is 0.704. The van der Waals surface area contributed by atoms with Crippen LogP contribution in [0.25, 0.3) is 5.65 Å². The standard InChI is InChI=1S/C21H22N4O2/c1-14-7-9-17(10-8-14)25-11-16(3)24(13-20(25)26)21(27)18-12-23-15(2)5-4-6-19(23)22-18/h4-10,12,16H,11,13H2,1-3H3/t16-/m1/s1. The van der Waals surface area contributed by atoms with E-state index in [1.54, 1.807) is 16.0 Å². The van der Waals surface area contributed by atoms with Crippen molar-refractivity contribution in [2.24, 2.45) is 0 Å². The van der Waals surface area contributed by atoms with E-state index in [4.69, 9.17) is 0 Å². The van der Waals surface area contributed by atoms with E-state index in [0.29, 0.717) is 12.2 Å². The second kappa shape index (κ2) is 6.54. The fourth-order valence-electron chi connectivity index (χ4n) is 3.50. The number of imidazole rings is 1. The van der Waals surface area contributed by atoms with Gasteiger partial charge in [0, 0.05) is 30.2 Å². The van der Waals surface area contributed by atoms with Crippen molar-refractivity contribution in [3.05, 3.63) is 65.6 Å². The molecule has 0 saturated carbocycles. The summed E-state index contributed by atoms with van der Waals surface area (Å²) in [6, 6.07) is 13.5. The molecule has 0 unspecified atom stereocenters. The van der Waals surface area contributed by atoms with Crippen LogP contribution in [-0.2, 0) is 4.79 Å². The van der Waals surface area contributed by atoms with Gasteiger partial charge in [0.1, 0.15) is 17.9 Å². The Morgan fingerprint density at radius 3 is 2.56 bits per heavy atom. The molecule has 2 aromatic heterocycles. The van der Waals surface area contributed by atoms with Crippen molar-refractivity contribution >= 4 is 23.1 Å². The van der Waals surface area contributed by atoms with Crippen molar-refractivity contribution in [2.75, 3.05) is 18.0 Å². The van der Waals surface area contributed by atoms with Crippen molar-refractivity contribution in [1.82, 2.24) is 14.3 Å². The maximum absolute atomic E-state index is 13.0. The normalized spacial score (nSPS) is 17.6. The van der Waals surface area contributed by atoms with Gasteiger partial charge in [-0.25, -0.2) is 4.98 Å². The van der Waals surface area contributed by atoms with E-state index in [2.05, 4.69) is 4.98 Å². The zero-order valence-corrected chi connectivity index (χ0v) is 15.7. The summed E-state index contributed by atoms with van der Waals surface area (Å²) < 4.78 is 1.89. The zero-order valence-electron chi connectivity index (χ0n) is 15.7. The minimum atomic E-state index is -0.206. The summed E-state index contributed by atoms with van der Waals surface area (Å²) in [4.78, 5) is 33.5. The van der Waals surface area contributed by atoms with Gasteiger partial charge in [0.05, 0.1) is 0 Å². The molecule has 1 aliphatic rings. The first-order chi connectivity index (χ1) is 12.9. The molecule has 3 heterocycles. The lowest BCUT2D eigenvalue weighted by molar-refractivity contribution is -0.121. The van der Waals surface area contributed by atoms with Gasteiger partial charge in [0.15, 0.2) is 0 Å². The van der Waals surface area contributed by atoms with Gasteiger partial charge in [-0.2, -0.15) is 0 Å². The third-order valence-corrected chi connectivity index (χ3v) is 5.11. The lowest BCUT2D eigenvalue weighted by Crippen LogP contribution is -2.57. The second-order valence-corrected chi connectivity index (χ2v) is 7.14. The molecule has 2 amide bonds. The maximum Gasteiger partial charge on any atom is 0.274 e. The van der Waals surface area contributed by atoms with Gasteiger partial charge in [0.2, 0.25) is 5.91 Å². The number of nitrogens with zero attached hydrogens (tertiary/aromatic N) is 4. The Balaban J connectivity index is 1.57. The van der Waals surface area contributed by atoms with Crippen LogP contribution in [0.1, 0.15) is 28.7 Å². The van der Waals surface area contributed by atoms with E-state index in [0.717, 1.165) is 22.6 Å². The van der Waals surface area contributed by atoms with Crippen molar-refractivity contribution < 1.29 is 9.59 Å². The molecular weight excluding hydrogens is 340 g/mol. The van der Waals surface area contributed by atoms with Crippen LogP contribution < -0.4 is 4.90 Å². The Morgan fingerprint density at radius 1 is 1.11 bits per heavy atom. The summed E-state index contributed by atoms with van der Waals surface area (Å²) in [5.41, 5.74) is 4.12. The topological polar surface area (TPSA) is 57.9 Å². The number of benzene rings is 1. The highest BCUT2D eigenvalue weighted by Gasteiger charge is 2.34. The summed E-state index contributed by atoms with van der Waals surface area (Å²) >= 11 is 0. The van der Waals surface area contributed by atoms with Crippen molar-refractivity contribution in [1.29, 1.82) is 0 Å². The van der Waals surface area contributed by atoms with Gasteiger partial charge in [-0.05, 0) is 45.0 Å². The summed E-state index contributed by atoms with van der Waals surface area (Å²) in [5.74, 6) is -0.284. The Hall–Kier alpha value is -3.15. The molecule has 4 rings (SSSR count). The number of carbonyl (C=O) groups excluding carboxylic acids is 2. The highest BCUT2D eigenvalue weighted by atomic mass is 16.2. The van der Waals surface area contributed by atoms with Crippen LogP contribution >= 0.6 is 0 Å². The second-order valence-electron chi connectivity index (χ2n) is 7.14. The molecule has 0 spiro atoms. The van der Waals surface area contributed by atoms with Crippen LogP contribution in [0, 0.1) is 13.8 Å². The smallest absolute Gasteiger partial charge is 0.274 e. The van der Waals surface area contributed by atoms with Crippen molar-refractivity contribution in [2.45, 2.75) is 26.8 Å². The van der Waals surface area contributed by atoms with Crippen LogP contribution in [0.5, 0.6) is 0 Å². The molecule has 6 nitrogen and oxygen atoms in total. The van der Waals surface area contributed by atoms with Crippen molar-refractivity contribution in [3.63, 3.8) is 0 Å². The molecule has 0 radical (unpaired) electrons. The maximum atomic E-state index is 13.0. The Morgan fingerprint density at radius 2 is 1.85 bits per heavy atom. The number of pyridine rings is 1. The first kappa shape index (κ1) is 17.3. The van der Waals surface area contributed by atoms with Gasteiger partial charge in [0.25, 0.3) is 5.91 Å². The summed E-state index contributed by atoms with van der Waals surface area (Å²) in [5, 5.41) is 0. The van der Waals surface area contributed by atoms with E-state index in [-0.39, 0.29) is 24.4 Å². The van der Waals surface area contributed by atoms with Gasteiger partial charge >= 0.3 is 0 Å². The molecule has 1 fully saturated rings. The third kappa shape index (κ3) is 3.07. The molecule has 1 atom stereocenters. The summed E-state index contributed by atoms with van der Waals surface area (Å²) in [7, 11) is 0. The number of aryl methyl sites for hydroxylation is 2. The van der Waals surface area contributed by atoms with Crippen LogP contribution in [-0.4, -0.2) is 45.2 Å². The number of piperazine rings is 1. The number of hydrogen-bond donors (Lipinski definition) is 0. The number of anilines is 1. The van der Waals surface area contributed by atoms with Crippen LogP contribution in [0.2, 0.25) is 0 Å². The lowest BCUT2D eigenvalue weighted by Gasteiger charge is -2.39. The Kier molecular flexibility index (Phi) is 4.18. The molecule has 0 bridgehead atoms. The molecule has 1 saturated heterocycles. The van der Waals surface area contributed by atoms with Crippen LogP contribution in [0.4, 0.5) is 5.69 Å². The fraction of sp³-hybridized carbons (Fsp3) is 0.286. The molecule has 0 N–H and O–H groups in total. The third-order valence-electron chi connectivity index (χ3n) is 5.11. The molecule has 27 heavy (non-hydrogen) atoms. The van der Waals surface area contributed by atoms with Gasteiger partial charge in [-0.15, -0.1) is 0 Å². The van der Waals surface area contributed by atoms with E-state index >= 15 is 0 Å². The number of fused-ring (bicyclic) bond motifs is 1. The lowest BCUT2D eigenvalue weighted by atomic mass is 10.1. The molecule has 0 aliphatic carbocycles. The van der Waals surface area contributed by atoms with Gasteiger partial charge in [-0.3, -0.25) is 9.59 Å². The summed E-state index contributed by atoms with van der Waals surface area (Å²) in [6.07, 6.45) is 1.75.